The Bertz CT molecular complexity index is 1250. The fraction of sp³-hybridized carbons (Fsp3) is 0.207. The van der Waals surface area contributed by atoms with Gasteiger partial charge in [-0.25, -0.2) is 4.79 Å². The Hall–Kier alpha value is -3.88. The van der Waals surface area contributed by atoms with Crippen LogP contribution in [0.2, 0.25) is 0 Å². The summed E-state index contributed by atoms with van der Waals surface area (Å²) in [6, 6.07) is 29.2. The number of hydrogen-bond donors (Lipinski definition) is 2. The molecule has 5 rings (SSSR count). The molecule has 2 N–H and O–H groups in total. The highest BCUT2D eigenvalue weighted by Gasteiger charge is 2.56. The van der Waals surface area contributed by atoms with Gasteiger partial charge in [-0.1, -0.05) is 91.0 Å². The van der Waals surface area contributed by atoms with Crippen molar-refractivity contribution in [2.75, 3.05) is 12.4 Å². The van der Waals surface area contributed by atoms with Crippen molar-refractivity contribution in [3.05, 3.63) is 119 Å². The number of aliphatic carboxylic acids is 1. The maximum atomic E-state index is 13.6. The smallest absolute Gasteiger partial charge is 0.352 e. The Morgan fingerprint density at radius 2 is 1.43 bits per heavy atom. The molecule has 0 spiro atoms. The van der Waals surface area contributed by atoms with Crippen LogP contribution in [0, 0.1) is 0 Å². The first-order valence-corrected chi connectivity index (χ1v) is 13.0. The predicted molar refractivity (Wildman–Crippen MR) is 141 cm³/mol. The van der Waals surface area contributed by atoms with E-state index in [0.717, 1.165) is 16.7 Å². The van der Waals surface area contributed by atoms with Gasteiger partial charge in [0.15, 0.2) is 0 Å². The number of thioether (sulfide) groups is 1. The number of amides is 1. The summed E-state index contributed by atoms with van der Waals surface area (Å²) in [5, 5.41) is 13.2. The zero-order valence-corrected chi connectivity index (χ0v) is 21.0. The minimum absolute atomic E-state index is 0.0993. The third kappa shape index (κ3) is 4.43. The second kappa shape index (κ2) is 10.2. The monoisotopic (exact) mass is 514 g/mol. The number of rotatable bonds is 8. The number of esters is 1. The van der Waals surface area contributed by atoms with Crippen molar-refractivity contribution in [2.45, 2.75) is 23.9 Å². The van der Waals surface area contributed by atoms with E-state index in [2.05, 4.69) is 5.32 Å². The summed E-state index contributed by atoms with van der Waals surface area (Å²) in [5.41, 5.74) is 2.34. The number of hydrogen-bond acceptors (Lipinski definition) is 6. The Kier molecular flexibility index (Phi) is 6.86. The molecule has 2 aliphatic rings. The van der Waals surface area contributed by atoms with Crippen molar-refractivity contribution >= 4 is 29.6 Å². The molecule has 37 heavy (non-hydrogen) atoms. The normalized spacial score (nSPS) is 19.2. The van der Waals surface area contributed by atoms with Crippen molar-refractivity contribution in [2.24, 2.45) is 0 Å². The number of nitrogens with one attached hydrogen (secondary N) is 1. The maximum Gasteiger partial charge on any atom is 0.352 e. The van der Waals surface area contributed by atoms with Crippen molar-refractivity contribution in [1.82, 2.24) is 10.2 Å². The lowest BCUT2D eigenvalue weighted by Gasteiger charge is -2.53. The second-order valence-corrected chi connectivity index (χ2v) is 10.0. The first-order valence-electron chi connectivity index (χ1n) is 11.9. The third-order valence-electron chi connectivity index (χ3n) is 6.69. The standard InChI is InChI=1S/C29H26N2O5S/c1-19(32)36-17-20-18-37-27-24(26(33)31(27)25(20)28(34)35)30-29(21-11-5-2-6-12-21,22-13-7-3-8-14-22)23-15-9-4-10-16-23/h2-16,24,27,30H,17-18H2,1H3,(H,34,35)/t24-,27+/m1/s1. The van der Waals surface area contributed by atoms with Crippen molar-refractivity contribution in [3.8, 4) is 0 Å². The number of ether oxygens (including phenoxy) is 1. The summed E-state index contributed by atoms with van der Waals surface area (Å²) in [6.45, 7) is 1.12. The fourth-order valence-electron chi connectivity index (χ4n) is 5.03. The first-order chi connectivity index (χ1) is 17.9. The van der Waals surface area contributed by atoms with E-state index >= 15 is 0 Å². The summed E-state index contributed by atoms with van der Waals surface area (Å²) < 4.78 is 5.06. The molecule has 1 fully saturated rings. The van der Waals surface area contributed by atoms with Gasteiger partial charge < -0.3 is 9.84 Å². The van der Waals surface area contributed by atoms with E-state index < -0.39 is 28.9 Å². The van der Waals surface area contributed by atoms with E-state index in [9.17, 15) is 19.5 Å². The summed E-state index contributed by atoms with van der Waals surface area (Å²) in [7, 11) is 0. The van der Waals surface area contributed by atoms with Crippen LogP contribution in [-0.4, -0.2) is 51.6 Å². The molecule has 7 nitrogen and oxygen atoms in total. The van der Waals surface area contributed by atoms with E-state index in [1.54, 1.807) is 0 Å². The molecule has 2 atom stereocenters. The van der Waals surface area contributed by atoms with Crippen LogP contribution < -0.4 is 5.32 Å². The molecule has 0 saturated carbocycles. The molecule has 0 radical (unpaired) electrons. The highest BCUT2D eigenvalue weighted by Crippen LogP contribution is 2.44. The lowest BCUT2D eigenvalue weighted by Crippen LogP contribution is -2.72. The van der Waals surface area contributed by atoms with Gasteiger partial charge in [0.1, 0.15) is 23.7 Å². The van der Waals surface area contributed by atoms with Gasteiger partial charge in [-0.3, -0.25) is 19.8 Å². The summed E-state index contributed by atoms with van der Waals surface area (Å²) in [6.07, 6.45) is 0. The van der Waals surface area contributed by atoms with Gasteiger partial charge in [0.05, 0.1) is 5.54 Å². The molecule has 0 unspecified atom stereocenters. The largest absolute Gasteiger partial charge is 0.477 e. The number of β-lactam (4-membered cyclic amide) rings is 1. The second-order valence-electron chi connectivity index (χ2n) is 8.92. The first kappa shape index (κ1) is 24.8. The van der Waals surface area contributed by atoms with Gasteiger partial charge >= 0.3 is 11.9 Å². The van der Waals surface area contributed by atoms with Gasteiger partial charge in [0.2, 0.25) is 5.91 Å². The molecular weight excluding hydrogens is 488 g/mol. The third-order valence-corrected chi connectivity index (χ3v) is 8.03. The predicted octanol–water partition coefficient (Wildman–Crippen LogP) is 3.75. The molecule has 0 aromatic heterocycles. The molecule has 188 valence electrons. The molecule has 2 aliphatic heterocycles. The van der Waals surface area contributed by atoms with Gasteiger partial charge in [-0.15, -0.1) is 11.8 Å². The van der Waals surface area contributed by atoms with Crippen molar-refractivity contribution < 1.29 is 24.2 Å². The molecular formula is C29H26N2O5S. The lowest BCUT2D eigenvalue weighted by molar-refractivity contribution is -0.150. The number of carbonyl (C=O) groups is 3. The van der Waals surface area contributed by atoms with Crippen molar-refractivity contribution in [1.29, 1.82) is 0 Å². The Morgan fingerprint density at radius 1 is 0.946 bits per heavy atom. The van der Waals surface area contributed by atoms with Gasteiger partial charge in [-0.05, 0) is 16.7 Å². The Morgan fingerprint density at radius 3 is 1.86 bits per heavy atom. The minimum atomic E-state index is -1.21. The lowest BCUT2D eigenvalue weighted by atomic mass is 9.76. The molecule has 3 aromatic carbocycles. The van der Waals surface area contributed by atoms with Crippen LogP contribution in [-0.2, 0) is 24.7 Å². The number of fused-ring (bicyclic) bond motifs is 1. The van der Waals surface area contributed by atoms with Crippen LogP contribution in [0.4, 0.5) is 0 Å². The average Bonchev–Trinajstić information content (AvgIpc) is 2.93. The zero-order valence-electron chi connectivity index (χ0n) is 20.2. The number of nitrogens with zero attached hydrogens (tertiary/aromatic N) is 1. The summed E-state index contributed by atoms with van der Waals surface area (Å²) in [5.74, 6) is -1.70. The number of carboxylic acids is 1. The molecule has 3 aromatic rings. The maximum absolute atomic E-state index is 13.6. The Labute approximate surface area is 219 Å². The molecule has 2 heterocycles. The van der Waals surface area contributed by atoms with Crippen LogP contribution in [0.5, 0.6) is 0 Å². The Balaban J connectivity index is 1.58. The van der Waals surface area contributed by atoms with E-state index in [1.165, 1.54) is 23.6 Å². The number of carboxylic acid groups (broad SMARTS) is 1. The van der Waals surface area contributed by atoms with E-state index in [1.807, 2.05) is 91.0 Å². The number of benzene rings is 3. The number of carbonyl (C=O) groups excluding carboxylic acids is 2. The van der Waals surface area contributed by atoms with Crippen LogP contribution >= 0.6 is 11.8 Å². The molecule has 1 saturated heterocycles. The SMILES string of the molecule is CC(=O)OCC1=C(C(=O)O)N2C(=O)[C@@H](NC(c3ccccc3)(c3ccccc3)c3ccccc3)[C@@H]2SC1. The van der Waals surface area contributed by atoms with Crippen LogP contribution in [0.3, 0.4) is 0 Å². The van der Waals surface area contributed by atoms with Gasteiger partial charge in [0.25, 0.3) is 0 Å². The van der Waals surface area contributed by atoms with E-state index in [4.69, 9.17) is 4.74 Å². The molecule has 0 bridgehead atoms. The van der Waals surface area contributed by atoms with Gasteiger partial charge in [-0.2, -0.15) is 0 Å². The topological polar surface area (TPSA) is 95.9 Å². The zero-order chi connectivity index (χ0) is 26.0. The molecule has 8 heteroatoms. The summed E-state index contributed by atoms with van der Waals surface area (Å²) in [4.78, 5) is 38.4. The molecule has 1 amide bonds. The van der Waals surface area contributed by atoms with E-state index in [-0.39, 0.29) is 18.2 Å². The van der Waals surface area contributed by atoms with Crippen LogP contribution in [0.25, 0.3) is 0 Å². The van der Waals surface area contributed by atoms with Gasteiger partial charge in [0, 0.05) is 18.2 Å². The highest BCUT2D eigenvalue weighted by atomic mass is 32.2. The minimum Gasteiger partial charge on any atom is -0.477 e. The average molecular weight is 515 g/mol. The quantitative estimate of drug-likeness (QED) is 0.269. The van der Waals surface area contributed by atoms with Crippen molar-refractivity contribution in [3.63, 3.8) is 0 Å². The van der Waals surface area contributed by atoms with E-state index in [0.29, 0.717) is 11.3 Å². The fourth-order valence-corrected chi connectivity index (χ4v) is 6.36. The van der Waals surface area contributed by atoms with Crippen LogP contribution in [0.15, 0.2) is 102 Å². The highest BCUT2D eigenvalue weighted by molar-refractivity contribution is 8.00. The molecule has 0 aliphatic carbocycles. The van der Waals surface area contributed by atoms with Crippen LogP contribution in [0.1, 0.15) is 23.6 Å². The summed E-state index contributed by atoms with van der Waals surface area (Å²) >= 11 is 1.46.